The minimum Gasteiger partial charge on any atom is -0.394 e. The lowest BCUT2D eigenvalue weighted by Gasteiger charge is -2.22. The zero-order valence-electron chi connectivity index (χ0n) is 11.0. The van der Waals surface area contributed by atoms with E-state index in [0.717, 1.165) is 18.7 Å². The number of rotatable bonds is 6. The molecule has 1 rings (SSSR count). The molecule has 1 aromatic rings. The number of aliphatic hydroxyl groups is 1. The predicted molar refractivity (Wildman–Crippen MR) is 72.0 cm³/mol. The largest absolute Gasteiger partial charge is 0.394 e. The van der Waals surface area contributed by atoms with Crippen LogP contribution in [0.4, 0.5) is 0 Å². The molecule has 1 aromatic carbocycles. The van der Waals surface area contributed by atoms with Crippen molar-refractivity contribution in [2.45, 2.75) is 32.4 Å². The minimum absolute atomic E-state index is 0.0259. The van der Waals surface area contributed by atoms with Gasteiger partial charge in [-0.2, -0.15) is 0 Å². The summed E-state index contributed by atoms with van der Waals surface area (Å²) >= 11 is 0. The molecule has 0 aliphatic rings. The molecule has 0 bridgehead atoms. The number of benzene rings is 1. The highest BCUT2D eigenvalue weighted by Crippen LogP contribution is 2.10. The fourth-order valence-corrected chi connectivity index (χ4v) is 1.66. The summed E-state index contributed by atoms with van der Waals surface area (Å²) in [6.07, 6.45) is 0. The second-order valence-corrected chi connectivity index (χ2v) is 5.28. The average Bonchev–Trinajstić information content (AvgIpc) is 2.29. The number of nitrogens with one attached hydrogen (secondary N) is 2. The minimum atomic E-state index is 0.0259. The summed E-state index contributed by atoms with van der Waals surface area (Å²) in [6, 6.07) is 10.1. The van der Waals surface area contributed by atoms with Crippen LogP contribution >= 0.6 is 0 Å². The van der Waals surface area contributed by atoms with Crippen LogP contribution in [0.1, 0.15) is 32.4 Å². The van der Waals surface area contributed by atoms with Gasteiger partial charge in [0.2, 0.25) is 0 Å². The van der Waals surface area contributed by atoms with Crippen molar-refractivity contribution < 1.29 is 5.11 Å². The monoisotopic (exact) mass is 236 g/mol. The maximum absolute atomic E-state index is 9.36. The van der Waals surface area contributed by atoms with Gasteiger partial charge in [0.05, 0.1) is 12.6 Å². The van der Waals surface area contributed by atoms with Gasteiger partial charge in [-0.25, -0.2) is 0 Å². The van der Waals surface area contributed by atoms with Gasteiger partial charge in [0, 0.05) is 18.6 Å². The van der Waals surface area contributed by atoms with E-state index in [2.05, 4.69) is 31.4 Å². The Morgan fingerprint density at radius 2 is 1.76 bits per heavy atom. The second kappa shape index (κ2) is 6.74. The third-order valence-electron chi connectivity index (χ3n) is 2.56. The molecule has 96 valence electrons. The molecular weight excluding hydrogens is 212 g/mol. The Bertz CT molecular complexity index is 306. The summed E-state index contributed by atoms with van der Waals surface area (Å²) < 4.78 is 0. The maximum Gasteiger partial charge on any atom is 0.0626 e. The van der Waals surface area contributed by atoms with E-state index in [0.29, 0.717) is 0 Å². The van der Waals surface area contributed by atoms with Crippen molar-refractivity contribution in [3.05, 3.63) is 35.9 Å². The molecule has 0 heterocycles. The summed E-state index contributed by atoms with van der Waals surface area (Å²) in [5.74, 6) is 0. The summed E-state index contributed by atoms with van der Waals surface area (Å²) in [7, 11) is 0. The Morgan fingerprint density at radius 3 is 2.29 bits per heavy atom. The van der Waals surface area contributed by atoms with E-state index in [1.165, 1.54) is 0 Å². The molecule has 3 N–H and O–H groups in total. The standard InChI is InChI=1S/C14H24N2O/c1-14(2,3)16-10-9-15-13(11-17)12-7-5-4-6-8-12/h4-8,13,15-17H,9-11H2,1-3H3. The molecule has 17 heavy (non-hydrogen) atoms. The summed E-state index contributed by atoms with van der Waals surface area (Å²) in [5.41, 5.74) is 1.27. The first-order valence-electron chi connectivity index (χ1n) is 6.17. The summed E-state index contributed by atoms with van der Waals surface area (Å²) in [6.45, 7) is 8.30. The van der Waals surface area contributed by atoms with Gasteiger partial charge in [0.15, 0.2) is 0 Å². The van der Waals surface area contributed by atoms with Gasteiger partial charge in [0.1, 0.15) is 0 Å². The second-order valence-electron chi connectivity index (χ2n) is 5.28. The van der Waals surface area contributed by atoms with Gasteiger partial charge < -0.3 is 15.7 Å². The highest BCUT2D eigenvalue weighted by atomic mass is 16.3. The molecule has 1 unspecified atom stereocenters. The molecule has 3 heteroatoms. The van der Waals surface area contributed by atoms with E-state index < -0.39 is 0 Å². The molecule has 0 saturated carbocycles. The van der Waals surface area contributed by atoms with Crippen molar-refractivity contribution >= 4 is 0 Å². The van der Waals surface area contributed by atoms with Crippen LogP contribution in [-0.2, 0) is 0 Å². The smallest absolute Gasteiger partial charge is 0.0626 e. The van der Waals surface area contributed by atoms with E-state index in [4.69, 9.17) is 0 Å². The van der Waals surface area contributed by atoms with Crippen molar-refractivity contribution in [3.8, 4) is 0 Å². The molecule has 0 saturated heterocycles. The first-order valence-corrected chi connectivity index (χ1v) is 6.17. The first kappa shape index (κ1) is 14.2. The van der Waals surface area contributed by atoms with Gasteiger partial charge in [-0.05, 0) is 26.3 Å². The Hall–Kier alpha value is -0.900. The quantitative estimate of drug-likeness (QED) is 0.659. The van der Waals surface area contributed by atoms with Crippen molar-refractivity contribution in [2.75, 3.05) is 19.7 Å². The fraction of sp³-hybridized carbons (Fsp3) is 0.571. The third kappa shape index (κ3) is 5.82. The molecule has 0 aliphatic carbocycles. The number of hydrogen-bond acceptors (Lipinski definition) is 3. The van der Waals surface area contributed by atoms with E-state index in [9.17, 15) is 5.11 Å². The lowest BCUT2D eigenvalue weighted by atomic mass is 10.1. The van der Waals surface area contributed by atoms with Gasteiger partial charge in [0.25, 0.3) is 0 Å². The maximum atomic E-state index is 9.36. The van der Waals surface area contributed by atoms with Crippen LogP contribution in [-0.4, -0.2) is 30.3 Å². The van der Waals surface area contributed by atoms with Crippen molar-refractivity contribution in [1.29, 1.82) is 0 Å². The zero-order valence-corrected chi connectivity index (χ0v) is 11.0. The molecule has 0 aromatic heterocycles. The average molecular weight is 236 g/mol. The van der Waals surface area contributed by atoms with Crippen LogP contribution in [0, 0.1) is 0 Å². The molecular formula is C14H24N2O. The normalized spacial score (nSPS) is 13.6. The Labute approximate surface area is 104 Å². The lowest BCUT2D eigenvalue weighted by molar-refractivity contribution is 0.243. The molecule has 0 radical (unpaired) electrons. The Kier molecular flexibility index (Phi) is 5.62. The van der Waals surface area contributed by atoms with Gasteiger partial charge >= 0.3 is 0 Å². The van der Waals surface area contributed by atoms with Gasteiger partial charge in [-0.15, -0.1) is 0 Å². The summed E-state index contributed by atoms with van der Waals surface area (Å²) in [4.78, 5) is 0. The van der Waals surface area contributed by atoms with Crippen LogP contribution < -0.4 is 10.6 Å². The Morgan fingerprint density at radius 1 is 1.12 bits per heavy atom. The van der Waals surface area contributed by atoms with E-state index >= 15 is 0 Å². The van der Waals surface area contributed by atoms with E-state index in [1.807, 2.05) is 30.3 Å². The Balaban J connectivity index is 2.34. The first-order chi connectivity index (χ1) is 8.03. The third-order valence-corrected chi connectivity index (χ3v) is 2.56. The predicted octanol–water partition coefficient (Wildman–Crippen LogP) is 1.70. The number of hydrogen-bond donors (Lipinski definition) is 3. The van der Waals surface area contributed by atoms with Crippen molar-refractivity contribution in [3.63, 3.8) is 0 Å². The molecule has 0 aliphatic heterocycles. The van der Waals surface area contributed by atoms with E-state index in [1.54, 1.807) is 0 Å². The topological polar surface area (TPSA) is 44.3 Å². The highest BCUT2D eigenvalue weighted by molar-refractivity contribution is 5.18. The molecule has 0 fully saturated rings. The molecule has 0 amide bonds. The summed E-state index contributed by atoms with van der Waals surface area (Å²) in [5, 5.41) is 16.1. The zero-order chi connectivity index (χ0) is 12.7. The molecule has 3 nitrogen and oxygen atoms in total. The van der Waals surface area contributed by atoms with E-state index in [-0.39, 0.29) is 18.2 Å². The highest BCUT2D eigenvalue weighted by Gasteiger charge is 2.10. The lowest BCUT2D eigenvalue weighted by Crippen LogP contribution is -2.41. The molecule has 1 atom stereocenters. The van der Waals surface area contributed by atoms with Crippen LogP contribution in [0.3, 0.4) is 0 Å². The van der Waals surface area contributed by atoms with Crippen LogP contribution in [0.2, 0.25) is 0 Å². The fourth-order valence-electron chi connectivity index (χ4n) is 1.66. The molecule has 0 spiro atoms. The van der Waals surface area contributed by atoms with Crippen molar-refractivity contribution in [2.24, 2.45) is 0 Å². The van der Waals surface area contributed by atoms with Gasteiger partial charge in [-0.3, -0.25) is 0 Å². The van der Waals surface area contributed by atoms with Crippen LogP contribution in [0.5, 0.6) is 0 Å². The van der Waals surface area contributed by atoms with Crippen LogP contribution in [0.25, 0.3) is 0 Å². The number of aliphatic hydroxyl groups excluding tert-OH is 1. The van der Waals surface area contributed by atoms with Crippen molar-refractivity contribution in [1.82, 2.24) is 10.6 Å². The SMILES string of the molecule is CC(C)(C)NCCNC(CO)c1ccccc1. The van der Waals surface area contributed by atoms with Crippen LogP contribution in [0.15, 0.2) is 30.3 Å². The van der Waals surface area contributed by atoms with Gasteiger partial charge in [-0.1, -0.05) is 30.3 Å².